The lowest BCUT2D eigenvalue weighted by atomic mass is 9.84. The van der Waals surface area contributed by atoms with Crippen LogP contribution in [0.25, 0.3) is 12.2 Å². The molecule has 2 aromatic carbocycles. The van der Waals surface area contributed by atoms with Gasteiger partial charge in [-0.3, -0.25) is 4.79 Å². The van der Waals surface area contributed by atoms with Crippen LogP contribution in [0.4, 0.5) is 5.69 Å². The molecule has 148 valence electrons. The number of benzene rings is 2. The van der Waals surface area contributed by atoms with Crippen LogP contribution in [0.5, 0.6) is 5.75 Å². The van der Waals surface area contributed by atoms with Gasteiger partial charge in [-0.25, -0.2) is 0 Å². The van der Waals surface area contributed by atoms with Gasteiger partial charge in [-0.05, 0) is 42.9 Å². The molecule has 0 bridgehead atoms. The highest BCUT2D eigenvalue weighted by Crippen LogP contribution is 2.39. The fourth-order valence-corrected chi connectivity index (χ4v) is 3.64. The Hall–Kier alpha value is -2.55. The number of hydrogen-bond donors (Lipinski definition) is 0. The number of hydrogen-bond acceptors (Lipinski definition) is 2. The van der Waals surface area contributed by atoms with Crippen molar-refractivity contribution in [3.63, 3.8) is 0 Å². The van der Waals surface area contributed by atoms with E-state index in [9.17, 15) is 4.79 Å². The van der Waals surface area contributed by atoms with Crippen molar-refractivity contribution in [2.24, 2.45) is 0 Å². The molecule has 0 aliphatic carbocycles. The summed E-state index contributed by atoms with van der Waals surface area (Å²) in [7, 11) is 1.72. The molecular formula is C25H31NO2. The van der Waals surface area contributed by atoms with Crippen LogP contribution in [-0.2, 0) is 10.2 Å². The van der Waals surface area contributed by atoms with Crippen molar-refractivity contribution >= 4 is 23.7 Å². The molecule has 0 N–H and O–H groups in total. The minimum absolute atomic E-state index is 0.0906. The van der Waals surface area contributed by atoms with Crippen molar-refractivity contribution in [3.8, 4) is 5.75 Å². The average Bonchev–Trinajstić information content (AvgIpc) is 2.66. The SMILES string of the molecule is COc1c(/C=C/c2ccc(C)cc2)cc(N2CCCCC2=O)cc1C(C)(C)C. The third-order valence-electron chi connectivity index (χ3n) is 5.28. The summed E-state index contributed by atoms with van der Waals surface area (Å²) in [6.45, 7) is 9.42. The van der Waals surface area contributed by atoms with Crippen molar-refractivity contribution in [2.45, 2.75) is 52.4 Å². The monoisotopic (exact) mass is 377 g/mol. The van der Waals surface area contributed by atoms with Gasteiger partial charge in [-0.15, -0.1) is 0 Å². The van der Waals surface area contributed by atoms with Gasteiger partial charge in [0.2, 0.25) is 5.91 Å². The highest BCUT2D eigenvalue weighted by atomic mass is 16.5. The summed E-state index contributed by atoms with van der Waals surface area (Å²) in [4.78, 5) is 14.4. The summed E-state index contributed by atoms with van der Waals surface area (Å²) >= 11 is 0. The lowest BCUT2D eigenvalue weighted by Gasteiger charge is -2.30. The molecule has 0 unspecified atom stereocenters. The molecule has 1 aliphatic heterocycles. The second-order valence-corrected chi connectivity index (χ2v) is 8.61. The molecule has 28 heavy (non-hydrogen) atoms. The lowest BCUT2D eigenvalue weighted by Crippen LogP contribution is -2.35. The molecule has 0 radical (unpaired) electrons. The molecule has 0 aromatic heterocycles. The van der Waals surface area contributed by atoms with E-state index in [4.69, 9.17) is 4.74 Å². The van der Waals surface area contributed by atoms with Crippen LogP contribution < -0.4 is 9.64 Å². The maximum absolute atomic E-state index is 12.5. The predicted octanol–water partition coefficient (Wildman–Crippen LogP) is 5.99. The van der Waals surface area contributed by atoms with Crippen LogP contribution in [0.2, 0.25) is 0 Å². The molecule has 3 heteroatoms. The Balaban J connectivity index is 2.09. The molecule has 3 rings (SSSR count). The number of rotatable bonds is 4. The first-order valence-electron chi connectivity index (χ1n) is 10.1. The van der Waals surface area contributed by atoms with Crippen molar-refractivity contribution < 1.29 is 9.53 Å². The van der Waals surface area contributed by atoms with Gasteiger partial charge in [0, 0.05) is 29.8 Å². The van der Waals surface area contributed by atoms with Crippen LogP contribution >= 0.6 is 0 Å². The van der Waals surface area contributed by atoms with E-state index in [0.717, 1.165) is 47.5 Å². The zero-order chi connectivity index (χ0) is 20.3. The number of amides is 1. The number of piperidine rings is 1. The van der Waals surface area contributed by atoms with Gasteiger partial charge in [0.05, 0.1) is 7.11 Å². The summed E-state index contributed by atoms with van der Waals surface area (Å²) in [6.07, 6.45) is 6.86. The third kappa shape index (κ3) is 4.46. The highest BCUT2D eigenvalue weighted by molar-refractivity contribution is 5.95. The molecule has 1 fully saturated rings. The Morgan fingerprint density at radius 2 is 1.75 bits per heavy atom. The van der Waals surface area contributed by atoms with Gasteiger partial charge < -0.3 is 9.64 Å². The van der Waals surface area contributed by atoms with E-state index in [-0.39, 0.29) is 11.3 Å². The zero-order valence-corrected chi connectivity index (χ0v) is 17.7. The van der Waals surface area contributed by atoms with Gasteiger partial charge in [-0.1, -0.05) is 62.8 Å². The second-order valence-electron chi connectivity index (χ2n) is 8.61. The Morgan fingerprint density at radius 3 is 2.36 bits per heavy atom. The number of carbonyl (C=O) groups excluding carboxylic acids is 1. The number of methoxy groups -OCH3 is 1. The van der Waals surface area contributed by atoms with Gasteiger partial charge in [0.15, 0.2) is 0 Å². The summed E-state index contributed by atoms with van der Waals surface area (Å²) in [5.74, 6) is 1.09. The molecule has 1 amide bonds. The Labute approximate surface area is 169 Å². The first-order valence-corrected chi connectivity index (χ1v) is 10.1. The fraction of sp³-hybridized carbons (Fsp3) is 0.400. The maximum atomic E-state index is 12.5. The maximum Gasteiger partial charge on any atom is 0.226 e. The highest BCUT2D eigenvalue weighted by Gasteiger charge is 2.26. The molecule has 0 spiro atoms. The van der Waals surface area contributed by atoms with Crippen molar-refractivity contribution in [1.82, 2.24) is 0 Å². The van der Waals surface area contributed by atoms with Crippen LogP contribution in [0.15, 0.2) is 36.4 Å². The molecule has 1 heterocycles. The van der Waals surface area contributed by atoms with Crippen LogP contribution in [0.3, 0.4) is 0 Å². The van der Waals surface area contributed by atoms with Crippen molar-refractivity contribution in [3.05, 3.63) is 58.7 Å². The molecule has 3 nitrogen and oxygen atoms in total. The van der Waals surface area contributed by atoms with Gasteiger partial charge in [0.1, 0.15) is 5.75 Å². The number of carbonyl (C=O) groups is 1. The van der Waals surface area contributed by atoms with E-state index in [1.807, 2.05) is 4.90 Å². The fourth-order valence-electron chi connectivity index (χ4n) is 3.64. The van der Waals surface area contributed by atoms with Gasteiger partial charge in [0.25, 0.3) is 0 Å². The predicted molar refractivity (Wildman–Crippen MR) is 118 cm³/mol. The van der Waals surface area contributed by atoms with E-state index in [0.29, 0.717) is 6.42 Å². The van der Waals surface area contributed by atoms with E-state index in [1.165, 1.54) is 5.56 Å². The van der Waals surface area contributed by atoms with E-state index in [1.54, 1.807) is 7.11 Å². The molecule has 0 saturated carbocycles. The molecule has 0 atom stereocenters. The van der Waals surface area contributed by atoms with Crippen LogP contribution in [-0.4, -0.2) is 19.6 Å². The first kappa shape index (κ1) is 20.2. The van der Waals surface area contributed by atoms with Gasteiger partial charge in [-0.2, -0.15) is 0 Å². The topological polar surface area (TPSA) is 29.5 Å². The average molecular weight is 378 g/mol. The Kier molecular flexibility index (Phi) is 5.93. The summed E-state index contributed by atoms with van der Waals surface area (Å²) in [6, 6.07) is 12.7. The van der Waals surface area contributed by atoms with Crippen molar-refractivity contribution in [1.29, 1.82) is 0 Å². The largest absolute Gasteiger partial charge is 0.496 e. The van der Waals surface area contributed by atoms with E-state index < -0.39 is 0 Å². The first-order chi connectivity index (χ1) is 13.3. The summed E-state index contributed by atoms with van der Waals surface area (Å²) in [5, 5.41) is 0. The molecule has 1 aliphatic rings. The van der Waals surface area contributed by atoms with Gasteiger partial charge >= 0.3 is 0 Å². The smallest absolute Gasteiger partial charge is 0.226 e. The summed E-state index contributed by atoms with van der Waals surface area (Å²) < 4.78 is 5.83. The molecule has 2 aromatic rings. The quantitative estimate of drug-likeness (QED) is 0.613. The van der Waals surface area contributed by atoms with Crippen LogP contribution in [0, 0.1) is 6.92 Å². The Bertz CT molecular complexity index is 873. The summed E-state index contributed by atoms with van der Waals surface area (Å²) in [5.41, 5.74) is 5.39. The standard InChI is InChI=1S/C25H31NO2/c1-18-9-11-19(12-10-18)13-14-20-16-21(26-15-7-6-8-23(26)27)17-22(24(20)28-5)25(2,3)4/h9-14,16-17H,6-8,15H2,1-5H3/b14-13+. The van der Waals surface area contributed by atoms with E-state index >= 15 is 0 Å². The number of nitrogens with zero attached hydrogens (tertiary/aromatic N) is 1. The third-order valence-corrected chi connectivity index (χ3v) is 5.28. The number of aryl methyl sites for hydroxylation is 1. The van der Waals surface area contributed by atoms with Crippen LogP contribution in [0.1, 0.15) is 62.3 Å². The Morgan fingerprint density at radius 1 is 1.04 bits per heavy atom. The molecule has 1 saturated heterocycles. The minimum atomic E-state index is -0.0906. The van der Waals surface area contributed by atoms with E-state index in [2.05, 4.69) is 76.2 Å². The number of anilines is 1. The normalized spacial score (nSPS) is 15.3. The lowest BCUT2D eigenvalue weighted by molar-refractivity contribution is -0.119. The zero-order valence-electron chi connectivity index (χ0n) is 17.7. The minimum Gasteiger partial charge on any atom is -0.496 e. The number of ether oxygens (including phenoxy) is 1. The molecular weight excluding hydrogens is 346 g/mol. The van der Waals surface area contributed by atoms with Crippen molar-refractivity contribution in [2.75, 3.05) is 18.6 Å². The second kappa shape index (κ2) is 8.22.